The van der Waals surface area contributed by atoms with Gasteiger partial charge in [-0.2, -0.15) is 0 Å². The SMILES string of the molecule is CC(C)OCCN(C)C(=O)N1CSCC1C(=O)O. The monoisotopic (exact) mass is 276 g/mol. The summed E-state index contributed by atoms with van der Waals surface area (Å²) in [6.45, 7) is 4.78. The van der Waals surface area contributed by atoms with E-state index in [4.69, 9.17) is 9.84 Å². The van der Waals surface area contributed by atoms with E-state index in [1.165, 1.54) is 21.6 Å². The van der Waals surface area contributed by atoms with E-state index in [0.717, 1.165) is 0 Å². The summed E-state index contributed by atoms with van der Waals surface area (Å²) in [6, 6.07) is -0.962. The molecule has 1 atom stereocenters. The standard InChI is InChI=1S/C11H20N2O4S/c1-8(2)17-5-4-12(3)11(16)13-7-18-6-9(13)10(14)15/h8-9H,4-7H2,1-3H3,(H,14,15). The molecule has 6 nitrogen and oxygen atoms in total. The first-order chi connectivity index (χ1) is 8.43. The summed E-state index contributed by atoms with van der Waals surface area (Å²) in [7, 11) is 1.66. The Morgan fingerprint density at radius 1 is 1.56 bits per heavy atom. The maximum Gasteiger partial charge on any atom is 0.327 e. The van der Waals surface area contributed by atoms with Crippen molar-refractivity contribution in [3.05, 3.63) is 0 Å². The third-order valence-electron chi connectivity index (χ3n) is 2.62. The fraction of sp³-hybridized carbons (Fsp3) is 0.818. The fourth-order valence-electron chi connectivity index (χ4n) is 1.58. The van der Waals surface area contributed by atoms with Crippen LogP contribution in [-0.4, -0.2) is 70.9 Å². The number of thioether (sulfide) groups is 1. The van der Waals surface area contributed by atoms with E-state index in [-0.39, 0.29) is 12.1 Å². The van der Waals surface area contributed by atoms with Crippen molar-refractivity contribution in [1.29, 1.82) is 0 Å². The molecule has 1 N–H and O–H groups in total. The molecule has 0 aliphatic carbocycles. The number of nitrogens with zero attached hydrogens (tertiary/aromatic N) is 2. The molecule has 7 heteroatoms. The Labute approximate surface area is 111 Å². The van der Waals surface area contributed by atoms with Gasteiger partial charge in [0.15, 0.2) is 0 Å². The average Bonchev–Trinajstić information content (AvgIpc) is 2.76. The number of likely N-dealkylation sites (N-methyl/N-ethyl adjacent to an activating group) is 1. The molecule has 0 spiro atoms. The van der Waals surface area contributed by atoms with Crippen LogP contribution >= 0.6 is 11.8 Å². The van der Waals surface area contributed by atoms with Gasteiger partial charge in [0, 0.05) is 19.3 Å². The number of hydrogen-bond donors (Lipinski definition) is 1. The molecule has 104 valence electrons. The second-order valence-corrected chi connectivity index (χ2v) is 5.45. The first-order valence-electron chi connectivity index (χ1n) is 5.87. The smallest absolute Gasteiger partial charge is 0.327 e. The summed E-state index contributed by atoms with van der Waals surface area (Å²) in [4.78, 5) is 25.9. The van der Waals surface area contributed by atoms with E-state index in [0.29, 0.717) is 24.8 Å². The molecule has 1 fully saturated rings. The minimum atomic E-state index is -0.944. The molecule has 1 heterocycles. The number of amides is 2. The number of hydrogen-bond acceptors (Lipinski definition) is 4. The zero-order valence-corrected chi connectivity index (χ0v) is 11.8. The van der Waals surface area contributed by atoms with Crippen molar-refractivity contribution in [1.82, 2.24) is 9.80 Å². The molecule has 1 aliphatic rings. The number of ether oxygens (including phenoxy) is 1. The maximum absolute atomic E-state index is 12.1. The van der Waals surface area contributed by atoms with Gasteiger partial charge in [-0.25, -0.2) is 9.59 Å². The summed E-state index contributed by atoms with van der Waals surface area (Å²) in [6.07, 6.45) is 0.127. The topological polar surface area (TPSA) is 70.1 Å². The Hall–Kier alpha value is -0.950. The van der Waals surface area contributed by atoms with Crippen molar-refractivity contribution in [3.63, 3.8) is 0 Å². The number of carboxylic acids is 1. The molecule has 1 saturated heterocycles. The van der Waals surface area contributed by atoms with E-state index < -0.39 is 12.0 Å². The van der Waals surface area contributed by atoms with Crippen LogP contribution in [-0.2, 0) is 9.53 Å². The molecule has 1 aliphatic heterocycles. The Morgan fingerprint density at radius 2 is 2.22 bits per heavy atom. The van der Waals surface area contributed by atoms with Crippen molar-refractivity contribution in [2.75, 3.05) is 31.8 Å². The van der Waals surface area contributed by atoms with E-state index in [9.17, 15) is 9.59 Å². The molecule has 0 aromatic heterocycles. The van der Waals surface area contributed by atoms with Gasteiger partial charge >= 0.3 is 12.0 Å². The summed E-state index contributed by atoms with van der Waals surface area (Å²) in [5, 5.41) is 9.01. The van der Waals surface area contributed by atoms with Crippen LogP contribution in [0.4, 0.5) is 4.79 Å². The molecule has 0 saturated carbocycles. The third-order valence-corrected chi connectivity index (χ3v) is 3.63. The predicted molar refractivity (Wildman–Crippen MR) is 69.7 cm³/mol. The van der Waals surface area contributed by atoms with Crippen molar-refractivity contribution < 1.29 is 19.4 Å². The van der Waals surface area contributed by atoms with Gasteiger partial charge in [0.1, 0.15) is 6.04 Å². The Bertz CT molecular complexity index is 311. The summed E-state index contributed by atoms with van der Waals surface area (Å²) in [5.41, 5.74) is 0. The van der Waals surface area contributed by atoms with Gasteiger partial charge in [-0.1, -0.05) is 0 Å². The third kappa shape index (κ3) is 4.06. The number of carboxylic acid groups (broad SMARTS) is 1. The molecule has 1 unspecified atom stereocenters. The zero-order chi connectivity index (χ0) is 13.7. The molecule has 0 aromatic rings. The average molecular weight is 276 g/mol. The van der Waals surface area contributed by atoms with Gasteiger partial charge in [0.05, 0.1) is 18.6 Å². The van der Waals surface area contributed by atoms with Gasteiger partial charge in [-0.3, -0.25) is 0 Å². The normalized spacial score (nSPS) is 19.3. The van der Waals surface area contributed by atoms with Crippen LogP contribution in [0.3, 0.4) is 0 Å². The van der Waals surface area contributed by atoms with Crippen LogP contribution in [0.2, 0.25) is 0 Å². The fourth-order valence-corrected chi connectivity index (χ4v) is 2.71. The van der Waals surface area contributed by atoms with Gasteiger partial charge in [0.2, 0.25) is 0 Å². The number of urea groups is 1. The summed E-state index contributed by atoms with van der Waals surface area (Å²) >= 11 is 1.46. The first kappa shape index (κ1) is 15.1. The lowest BCUT2D eigenvalue weighted by molar-refractivity contribution is -0.140. The minimum absolute atomic E-state index is 0.127. The lowest BCUT2D eigenvalue weighted by atomic mass is 10.3. The highest BCUT2D eigenvalue weighted by molar-refractivity contribution is 7.99. The highest BCUT2D eigenvalue weighted by Crippen LogP contribution is 2.22. The first-order valence-corrected chi connectivity index (χ1v) is 7.02. The largest absolute Gasteiger partial charge is 0.480 e. The molecule has 0 bridgehead atoms. The lowest BCUT2D eigenvalue weighted by Crippen LogP contribution is -2.48. The highest BCUT2D eigenvalue weighted by Gasteiger charge is 2.35. The van der Waals surface area contributed by atoms with E-state index in [2.05, 4.69) is 0 Å². The molecule has 0 radical (unpaired) electrons. The van der Waals surface area contributed by atoms with Crippen LogP contribution in [0, 0.1) is 0 Å². The van der Waals surface area contributed by atoms with Crippen molar-refractivity contribution in [3.8, 4) is 0 Å². The van der Waals surface area contributed by atoms with Crippen LogP contribution < -0.4 is 0 Å². The number of carbonyl (C=O) groups is 2. The summed E-state index contributed by atoms with van der Waals surface area (Å²) in [5.74, 6) is -0.0528. The molecule has 1 rings (SSSR count). The number of rotatable bonds is 5. The van der Waals surface area contributed by atoms with Crippen LogP contribution in [0.1, 0.15) is 13.8 Å². The Kier molecular flexibility index (Phi) is 5.74. The molecular formula is C11H20N2O4S. The van der Waals surface area contributed by atoms with E-state index in [1.54, 1.807) is 7.05 Å². The minimum Gasteiger partial charge on any atom is -0.480 e. The molecule has 2 amide bonds. The summed E-state index contributed by atoms with van der Waals surface area (Å²) < 4.78 is 5.37. The second kappa shape index (κ2) is 6.84. The molecular weight excluding hydrogens is 256 g/mol. The van der Waals surface area contributed by atoms with Crippen molar-refractivity contribution >= 4 is 23.8 Å². The van der Waals surface area contributed by atoms with Crippen molar-refractivity contribution in [2.45, 2.75) is 26.0 Å². The van der Waals surface area contributed by atoms with Crippen LogP contribution in [0.15, 0.2) is 0 Å². The van der Waals surface area contributed by atoms with Gasteiger partial charge in [0.25, 0.3) is 0 Å². The Balaban J connectivity index is 2.45. The molecule has 0 aromatic carbocycles. The molecule has 18 heavy (non-hydrogen) atoms. The van der Waals surface area contributed by atoms with E-state index in [1.807, 2.05) is 13.8 Å². The van der Waals surface area contributed by atoms with Crippen molar-refractivity contribution in [2.24, 2.45) is 0 Å². The maximum atomic E-state index is 12.1. The Morgan fingerprint density at radius 3 is 2.78 bits per heavy atom. The second-order valence-electron chi connectivity index (χ2n) is 4.45. The van der Waals surface area contributed by atoms with E-state index >= 15 is 0 Å². The lowest BCUT2D eigenvalue weighted by Gasteiger charge is -2.27. The highest BCUT2D eigenvalue weighted by atomic mass is 32.2. The van der Waals surface area contributed by atoms with Gasteiger partial charge in [-0.15, -0.1) is 11.8 Å². The predicted octanol–water partition coefficient (Wildman–Crippen LogP) is 0.923. The number of carbonyl (C=O) groups excluding carboxylic acids is 1. The van der Waals surface area contributed by atoms with Crippen LogP contribution in [0.5, 0.6) is 0 Å². The number of aliphatic carboxylic acids is 1. The quantitative estimate of drug-likeness (QED) is 0.808. The van der Waals surface area contributed by atoms with Gasteiger partial charge < -0.3 is 19.6 Å². The van der Waals surface area contributed by atoms with Gasteiger partial charge in [-0.05, 0) is 13.8 Å². The zero-order valence-electron chi connectivity index (χ0n) is 11.0. The van der Waals surface area contributed by atoms with Crippen LogP contribution in [0.25, 0.3) is 0 Å².